The number of hydrogen-bond acceptors (Lipinski definition) is 6. The van der Waals surface area contributed by atoms with E-state index in [1.807, 2.05) is 0 Å². The van der Waals surface area contributed by atoms with Crippen LogP contribution in [0, 0.1) is 0 Å². The van der Waals surface area contributed by atoms with Gasteiger partial charge in [0.2, 0.25) is 0 Å². The van der Waals surface area contributed by atoms with E-state index >= 15 is 0 Å². The van der Waals surface area contributed by atoms with Crippen LogP contribution in [0.2, 0.25) is 0 Å². The van der Waals surface area contributed by atoms with Crippen LogP contribution in [-0.2, 0) is 0 Å². The summed E-state index contributed by atoms with van der Waals surface area (Å²) in [5, 5.41) is 1.13. The van der Waals surface area contributed by atoms with Crippen molar-refractivity contribution in [3.05, 3.63) is 48.5 Å². The minimum atomic E-state index is 0.856. The predicted molar refractivity (Wildman–Crippen MR) is 134 cm³/mol. The second-order valence-corrected chi connectivity index (χ2v) is 8.78. The van der Waals surface area contributed by atoms with Gasteiger partial charge in [-0.3, -0.25) is 0 Å². The molecule has 0 bridgehead atoms. The van der Waals surface area contributed by atoms with Crippen molar-refractivity contribution in [1.82, 2.24) is 19.8 Å². The van der Waals surface area contributed by atoms with E-state index in [9.17, 15) is 0 Å². The summed E-state index contributed by atoms with van der Waals surface area (Å²) in [6.07, 6.45) is 0. The van der Waals surface area contributed by atoms with Crippen LogP contribution in [-0.4, -0.2) is 85.2 Å². The van der Waals surface area contributed by atoms with Gasteiger partial charge in [0.05, 0.1) is 0 Å². The highest BCUT2D eigenvalue weighted by atomic mass is 15.3. The molecule has 5 rings (SSSR count). The van der Waals surface area contributed by atoms with E-state index in [0.29, 0.717) is 0 Å². The van der Waals surface area contributed by atoms with Crippen molar-refractivity contribution in [3.63, 3.8) is 0 Å². The Labute approximate surface area is 191 Å². The molecule has 2 aliphatic heterocycles. The highest BCUT2D eigenvalue weighted by molar-refractivity contribution is 5.95. The highest BCUT2D eigenvalue weighted by Crippen LogP contribution is 2.32. The van der Waals surface area contributed by atoms with Crippen LogP contribution >= 0.6 is 0 Å². The van der Waals surface area contributed by atoms with Gasteiger partial charge in [0.1, 0.15) is 11.6 Å². The number of fused-ring (bicyclic) bond motifs is 1. The van der Waals surface area contributed by atoms with Crippen molar-refractivity contribution >= 4 is 22.7 Å². The zero-order valence-electron chi connectivity index (χ0n) is 19.4. The summed E-state index contributed by atoms with van der Waals surface area (Å²) in [5.74, 6) is 2.10. The summed E-state index contributed by atoms with van der Waals surface area (Å²) < 4.78 is 0. The first-order valence-corrected chi connectivity index (χ1v) is 12.1. The van der Waals surface area contributed by atoms with Crippen LogP contribution < -0.4 is 9.80 Å². The van der Waals surface area contributed by atoms with Crippen molar-refractivity contribution in [2.75, 3.05) is 75.2 Å². The number of likely N-dealkylation sites (N-methyl/N-ethyl adjacent to an activating group) is 2. The molecule has 0 amide bonds. The lowest BCUT2D eigenvalue weighted by Gasteiger charge is -2.35. The molecular formula is C26H34N6. The first-order chi connectivity index (χ1) is 15.7. The molecule has 0 aliphatic carbocycles. The average molecular weight is 431 g/mol. The maximum Gasteiger partial charge on any atom is 0.164 e. The van der Waals surface area contributed by atoms with Gasteiger partial charge in [-0.25, -0.2) is 9.97 Å². The summed E-state index contributed by atoms with van der Waals surface area (Å²) in [7, 11) is 0. The Morgan fingerprint density at radius 2 is 1.22 bits per heavy atom. The van der Waals surface area contributed by atoms with Crippen molar-refractivity contribution in [2.45, 2.75) is 13.8 Å². The molecule has 2 aromatic heterocycles. The molecule has 0 unspecified atom stereocenters. The number of aromatic nitrogens is 2. The molecule has 2 saturated heterocycles. The normalized spacial score (nSPS) is 18.4. The number of anilines is 2. The van der Waals surface area contributed by atoms with Crippen molar-refractivity contribution in [1.29, 1.82) is 0 Å². The van der Waals surface area contributed by atoms with E-state index in [4.69, 9.17) is 9.97 Å². The quantitative estimate of drug-likeness (QED) is 0.616. The molecule has 4 heterocycles. The Morgan fingerprint density at radius 1 is 0.656 bits per heavy atom. The van der Waals surface area contributed by atoms with Gasteiger partial charge >= 0.3 is 0 Å². The Hall–Kier alpha value is -2.70. The third-order valence-electron chi connectivity index (χ3n) is 7.02. The minimum Gasteiger partial charge on any atom is -0.354 e. The van der Waals surface area contributed by atoms with Crippen molar-refractivity contribution in [3.8, 4) is 11.1 Å². The SMILES string of the molecule is CCN1CCN(c2ccc3c(-c4ccccc4)cc(N4CCN(CC)CC4)nc3n2)CC1. The van der Waals surface area contributed by atoms with Crippen LogP contribution in [0.5, 0.6) is 0 Å². The fourth-order valence-electron chi connectivity index (χ4n) is 4.86. The monoisotopic (exact) mass is 430 g/mol. The summed E-state index contributed by atoms with van der Waals surface area (Å²) in [6, 6.07) is 17.3. The molecule has 6 nitrogen and oxygen atoms in total. The average Bonchev–Trinajstić information content (AvgIpc) is 2.88. The largest absolute Gasteiger partial charge is 0.354 e. The van der Waals surface area contributed by atoms with E-state index in [2.05, 4.69) is 82.0 Å². The van der Waals surface area contributed by atoms with Crippen LogP contribution in [0.1, 0.15) is 13.8 Å². The molecule has 0 radical (unpaired) electrons. The van der Waals surface area contributed by atoms with Gasteiger partial charge in [-0.05, 0) is 42.4 Å². The first kappa shape index (κ1) is 21.2. The number of benzene rings is 1. The van der Waals surface area contributed by atoms with Crippen LogP contribution in [0.15, 0.2) is 48.5 Å². The van der Waals surface area contributed by atoms with Crippen LogP contribution in [0.3, 0.4) is 0 Å². The first-order valence-electron chi connectivity index (χ1n) is 12.1. The lowest BCUT2D eigenvalue weighted by Crippen LogP contribution is -2.46. The van der Waals surface area contributed by atoms with Gasteiger partial charge < -0.3 is 19.6 Å². The van der Waals surface area contributed by atoms with Crippen molar-refractivity contribution < 1.29 is 0 Å². The van der Waals surface area contributed by atoms with Crippen LogP contribution in [0.4, 0.5) is 11.6 Å². The molecule has 1 aromatic carbocycles. The summed E-state index contributed by atoms with van der Waals surface area (Å²) in [4.78, 5) is 20.0. The lowest BCUT2D eigenvalue weighted by molar-refractivity contribution is 0.270. The lowest BCUT2D eigenvalue weighted by atomic mass is 10.0. The molecule has 0 N–H and O–H groups in total. The van der Waals surface area contributed by atoms with Crippen molar-refractivity contribution in [2.24, 2.45) is 0 Å². The van der Waals surface area contributed by atoms with E-state index in [1.54, 1.807) is 0 Å². The molecule has 0 spiro atoms. The van der Waals surface area contributed by atoms with Gasteiger partial charge in [-0.1, -0.05) is 44.2 Å². The molecule has 2 aliphatic rings. The zero-order valence-corrected chi connectivity index (χ0v) is 19.4. The van der Waals surface area contributed by atoms with Gasteiger partial charge in [-0.2, -0.15) is 0 Å². The number of nitrogens with zero attached hydrogens (tertiary/aromatic N) is 6. The number of rotatable bonds is 5. The molecule has 3 aromatic rings. The Balaban J connectivity index is 1.52. The van der Waals surface area contributed by atoms with E-state index in [1.165, 1.54) is 11.1 Å². The molecule has 168 valence electrons. The molecule has 32 heavy (non-hydrogen) atoms. The van der Waals surface area contributed by atoms with Gasteiger partial charge in [0.25, 0.3) is 0 Å². The third kappa shape index (κ3) is 4.30. The molecule has 2 fully saturated rings. The molecule has 0 atom stereocenters. The zero-order chi connectivity index (χ0) is 21.9. The second-order valence-electron chi connectivity index (χ2n) is 8.78. The topological polar surface area (TPSA) is 38.7 Å². The minimum absolute atomic E-state index is 0.856. The van der Waals surface area contributed by atoms with Gasteiger partial charge in [0.15, 0.2) is 5.65 Å². The van der Waals surface area contributed by atoms with E-state index < -0.39 is 0 Å². The van der Waals surface area contributed by atoms with Crippen LogP contribution in [0.25, 0.3) is 22.2 Å². The van der Waals surface area contributed by atoms with Gasteiger partial charge in [-0.15, -0.1) is 0 Å². The predicted octanol–water partition coefficient (Wildman–Crippen LogP) is 3.58. The fourth-order valence-corrected chi connectivity index (χ4v) is 4.86. The number of pyridine rings is 2. The molecular weight excluding hydrogens is 396 g/mol. The molecule has 0 saturated carbocycles. The maximum absolute atomic E-state index is 5.08. The Kier molecular flexibility index (Phi) is 6.23. The van der Waals surface area contributed by atoms with E-state index in [-0.39, 0.29) is 0 Å². The summed E-state index contributed by atoms with van der Waals surface area (Å²) in [5.41, 5.74) is 3.30. The van der Waals surface area contributed by atoms with E-state index in [0.717, 1.165) is 88.1 Å². The second kappa shape index (κ2) is 9.43. The summed E-state index contributed by atoms with van der Waals surface area (Å²) in [6.45, 7) is 15.2. The maximum atomic E-state index is 5.08. The summed E-state index contributed by atoms with van der Waals surface area (Å²) >= 11 is 0. The molecule has 6 heteroatoms. The Bertz CT molecular complexity index is 1030. The Morgan fingerprint density at radius 3 is 1.81 bits per heavy atom. The number of piperazine rings is 2. The number of hydrogen-bond donors (Lipinski definition) is 0. The fraction of sp³-hybridized carbons (Fsp3) is 0.462. The third-order valence-corrected chi connectivity index (χ3v) is 7.02. The van der Waals surface area contributed by atoms with Gasteiger partial charge in [0, 0.05) is 57.7 Å². The standard InChI is InChI=1S/C26H34N6/c1-3-29-12-16-31(17-13-29)24-11-10-22-23(21-8-6-5-7-9-21)20-25(28-26(22)27-24)32-18-14-30(4-2)15-19-32/h5-11,20H,3-4,12-19H2,1-2H3. The smallest absolute Gasteiger partial charge is 0.164 e. The highest BCUT2D eigenvalue weighted by Gasteiger charge is 2.21.